The molecule has 2 aliphatic heterocycles. The molecule has 1 atom stereocenters. The normalized spacial score (nSPS) is 22.0. The van der Waals surface area contributed by atoms with Gasteiger partial charge < -0.3 is 19.9 Å². The average molecular weight is 346 g/mol. The molecule has 0 saturated carbocycles. The van der Waals surface area contributed by atoms with Gasteiger partial charge in [0.05, 0.1) is 18.8 Å². The van der Waals surface area contributed by atoms with E-state index in [1.54, 1.807) is 6.20 Å². The van der Waals surface area contributed by atoms with Crippen molar-refractivity contribution < 1.29 is 9.53 Å². The Hall–Kier alpha value is -1.66. The maximum Gasteiger partial charge on any atom is 0.255 e. The molecule has 6 heteroatoms. The lowest BCUT2D eigenvalue weighted by atomic mass is 10.0. The maximum absolute atomic E-state index is 12.6. The van der Waals surface area contributed by atoms with E-state index in [0.29, 0.717) is 25.3 Å². The van der Waals surface area contributed by atoms with Crippen LogP contribution in [0.25, 0.3) is 0 Å². The summed E-state index contributed by atoms with van der Waals surface area (Å²) < 4.78 is 5.39. The monoisotopic (exact) mass is 346 g/mol. The molecule has 0 spiro atoms. The van der Waals surface area contributed by atoms with E-state index in [0.717, 1.165) is 37.8 Å². The number of piperidine rings is 1. The lowest BCUT2D eigenvalue weighted by Crippen LogP contribution is -2.39. The van der Waals surface area contributed by atoms with Gasteiger partial charge in [0.25, 0.3) is 5.91 Å². The minimum atomic E-state index is -0.0263. The van der Waals surface area contributed by atoms with E-state index in [-0.39, 0.29) is 5.91 Å². The number of pyridine rings is 1. The molecule has 0 unspecified atom stereocenters. The zero-order valence-corrected chi connectivity index (χ0v) is 15.2. The molecule has 0 aliphatic carbocycles. The van der Waals surface area contributed by atoms with Gasteiger partial charge in [0.1, 0.15) is 5.82 Å². The SMILES string of the molecule is C[C@H]1CCCN(CCCNC(=O)c2cccnc2N2CCOCC2)C1. The standard InChI is InChI=1S/C19H30N4O2/c1-16-5-3-9-22(15-16)10-4-8-21-19(24)17-6-2-7-20-18(17)23-11-13-25-14-12-23/h2,6-7,16H,3-5,8-15H2,1H3,(H,21,24)/t16-/m0/s1. The first-order chi connectivity index (χ1) is 12.2. The van der Waals surface area contributed by atoms with Gasteiger partial charge in [-0.25, -0.2) is 4.98 Å². The van der Waals surface area contributed by atoms with Crippen molar-refractivity contribution in [3.05, 3.63) is 23.9 Å². The van der Waals surface area contributed by atoms with Crippen LogP contribution in [-0.2, 0) is 4.74 Å². The number of hydrogen-bond acceptors (Lipinski definition) is 5. The third-order valence-electron chi connectivity index (χ3n) is 5.02. The Labute approximate surface area is 150 Å². The molecule has 0 radical (unpaired) electrons. The minimum absolute atomic E-state index is 0.0263. The van der Waals surface area contributed by atoms with Crippen LogP contribution in [0.15, 0.2) is 18.3 Å². The summed E-state index contributed by atoms with van der Waals surface area (Å²) in [5.74, 6) is 1.55. The number of carbonyl (C=O) groups is 1. The molecule has 2 aliphatic rings. The highest BCUT2D eigenvalue weighted by Gasteiger charge is 2.20. The Kier molecular flexibility index (Phi) is 6.64. The summed E-state index contributed by atoms with van der Waals surface area (Å²) in [6.07, 6.45) is 5.38. The quantitative estimate of drug-likeness (QED) is 0.796. The minimum Gasteiger partial charge on any atom is -0.378 e. The third-order valence-corrected chi connectivity index (χ3v) is 5.02. The molecule has 1 N–H and O–H groups in total. The Bertz CT molecular complexity index is 560. The van der Waals surface area contributed by atoms with Crippen LogP contribution in [-0.4, -0.2) is 68.3 Å². The highest BCUT2D eigenvalue weighted by Crippen LogP contribution is 2.18. The molecule has 1 aromatic heterocycles. The summed E-state index contributed by atoms with van der Waals surface area (Å²) in [6.45, 7) is 9.42. The van der Waals surface area contributed by atoms with E-state index in [1.807, 2.05) is 12.1 Å². The van der Waals surface area contributed by atoms with Gasteiger partial charge in [-0.3, -0.25) is 4.79 Å². The van der Waals surface area contributed by atoms with Crippen LogP contribution in [0.3, 0.4) is 0 Å². The van der Waals surface area contributed by atoms with Crippen molar-refractivity contribution in [2.24, 2.45) is 5.92 Å². The number of likely N-dealkylation sites (tertiary alicyclic amines) is 1. The number of nitrogens with one attached hydrogen (secondary N) is 1. The molecule has 2 fully saturated rings. The molecule has 0 aromatic carbocycles. The third kappa shape index (κ3) is 5.16. The fraction of sp³-hybridized carbons (Fsp3) is 0.684. The molecule has 2 saturated heterocycles. The van der Waals surface area contributed by atoms with Crippen LogP contribution in [0, 0.1) is 5.92 Å². The summed E-state index contributed by atoms with van der Waals surface area (Å²) in [4.78, 5) is 21.7. The number of anilines is 1. The van der Waals surface area contributed by atoms with E-state index in [4.69, 9.17) is 4.74 Å². The zero-order valence-electron chi connectivity index (χ0n) is 15.2. The molecular formula is C19H30N4O2. The van der Waals surface area contributed by atoms with Crippen molar-refractivity contribution in [3.8, 4) is 0 Å². The van der Waals surface area contributed by atoms with Crippen molar-refractivity contribution in [3.63, 3.8) is 0 Å². The summed E-state index contributed by atoms with van der Waals surface area (Å²) in [5.41, 5.74) is 0.663. The molecule has 25 heavy (non-hydrogen) atoms. The predicted octanol–water partition coefficient (Wildman–Crippen LogP) is 1.77. The largest absolute Gasteiger partial charge is 0.378 e. The number of ether oxygens (including phenoxy) is 1. The Balaban J connectivity index is 1.48. The lowest BCUT2D eigenvalue weighted by Gasteiger charge is -2.30. The molecule has 0 bridgehead atoms. The van der Waals surface area contributed by atoms with Gasteiger partial charge >= 0.3 is 0 Å². The number of amides is 1. The summed E-state index contributed by atoms with van der Waals surface area (Å²) >= 11 is 0. The number of carbonyl (C=O) groups excluding carboxylic acids is 1. The Morgan fingerprint density at radius 3 is 3.00 bits per heavy atom. The molecule has 6 nitrogen and oxygen atoms in total. The molecule has 3 heterocycles. The van der Waals surface area contributed by atoms with Gasteiger partial charge in [0.15, 0.2) is 0 Å². The average Bonchev–Trinajstić information content (AvgIpc) is 2.66. The first-order valence-electron chi connectivity index (χ1n) is 9.52. The Morgan fingerprint density at radius 1 is 1.36 bits per heavy atom. The van der Waals surface area contributed by atoms with Crippen molar-refractivity contribution in [1.82, 2.24) is 15.2 Å². The maximum atomic E-state index is 12.6. The van der Waals surface area contributed by atoms with Crippen molar-refractivity contribution >= 4 is 11.7 Å². The molecule has 1 amide bonds. The van der Waals surface area contributed by atoms with Crippen molar-refractivity contribution in [2.75, 3.05) is 57.4 Å². The van der Waals surface area contributed by atoms with Crippen LogP contribution >= 0.6 is 0 Å². The smallest absolute Gasteiger partial charge is 0.255 e. The zero-order chi connectivity index (χ0) is 17.5. The van der Waals surface area contributed by atoms with E-state index in [1.165, 1.54) is 25.9 Å². The second-order valence-corrected chi connectivity index (χ2v) is 7.13. The number of nitrogens with zero attached hydrogens (tertiary/aromatic N) is 3. The molecule has 3 rings (SSSR count). The van der Waals surface area contributed by atoms with Gasteiger partial charge in [-0.15, -0.1) is 0 Å². The highest BCUT2D eigenvalue weighted by molar-refractivity contribution is 5.98. The second kappa shape index (κ2) is 9.15. The molecule has 1 aromatic rings. The van der Waals surface area contributed by atoms with Crippen LogP contribution in [0.4, 0.5) is 5.82 Å². The molecular weight excluding hydrogens is 316 g/mol. The number of rotatable bonds is 6. The second-order valence-electron chi connectivity index (χ2n) is 7.13. The predicted molar refractivity (Wildman–Crippen MR) is 99.1 cm³/mol. The lowest BCUT2D eigenvalue weighted by molar-refractivity contribution is 0.0948. The van der Waals surface area contributed by atoms with Crippen molar-refractivity contribution in [2.45, 2.75) is 26.2 Å². The summed E-state index contributed by atoms with van der Waals surface area (Å²) in [7, 11) is 0. The van der Waals surface area contributed by atoms with Crippen LogP contribution in [0.1, 0.15) is 36.5 Å². The first kappa shape index (κ1) is 18.1. The van der Waals surface area contributed by atoms with Crippen molar-refractivity contribution in [1.29, 1.82) is 0 Å². The van der Waals surface area contributed by atoms with E-state index in [9.17, 15) is 4.79 Å². The van der Waals surface area contributed by atoms with E-state index >= 15 is 0 Å². The van der Waals surface area contributed by atoms with Gasteiger partial charge in [0, 0.05) is 32.4 Å². The Morgan fingerprint density at radius 2 is 2.20 bits per heavy atom. The number of aromatic nitrogens is 1. The summed E-state index contributed by atoms with van der Waals surface area (Å²) in [5, 5.41) is 3.07. The fourth-order valence-electron chi connectivity index (χ4n) is 3.69. The fourth-order valence-corrected chi connectivity index (χ4v) is 3.69. The van der Waals surface area contributed by atoms with E-state index in [2.05, 4.69) is 27.0 Å². The first-order valence-corrected chi connectivity index (χ1v) is 9.52. The van der Waals surface area contributed by atoms with Crippen LogP contribution in [0.5, 0.6) is 0 Å². The van der Waals surface area contributed by atoms with Gasteiger partial charge in [0.2, 0.25) is 0 Å². The number of morpholine rings is 1. The van der Waals surface area contributed by atoms with E-state index < -0.39 is 0 Å². The number of hydrogen-bond donors (Lipinski definition) is 1. The van der Waals surface area contributed by atoms with Crippen LogP contribution < -0.4 is 10.2 Å². The van der Waals surface area contributed by atoms with Gasteiger partial charge in [-0.1, -0.05) is 6.92 Å². The van der Waals surface area contributed by atoms with Gasteiger partial charge in [-0.05, 0) is 50.4 Å². The van der Waals surface area contributed by atoms with Crippen LogP contribution in [0.2, 0.25) is 0 Å². The topological polar surface area (TPSA) is 57.7 Å². The highest BCUT2D eigenvalue weighted by atomic mass is 16.5. The molecule has 138 valence electrons. The summed E-state index contributed by atoms with van der Waals surface area (Å²) in [6, 6.07) is 3.69. The van der Waals surface area contributed by atoms with Gasteiger partial charge in [-0.2, -0.15) is 0 Å².